The highest BCUT2D eigenvalue weighted by atomic mass is 32.2. The Kier molecular flexibility index (Phi) is 4.11. The van der Waals surface area contributed by atoms with Crippen LogP contribution >= 0.6 is 0 Å². The third-order valence-electron chi connectivity index (χ3n) is 2.09. The summed E-state index contributed by atoms with van der Waals surface area (Å²) in [7, 11) is -2.15. The number of esters is 1. The van der Waals surface area contributed by atoms with Crippen LogP contribution in [0.3, 0.4) is 0 Å². The molecule has 0 spiro atoms. The van der Waals surface area contributed by atoms with E-state index >= 15 is 0 Å². The molecule has 1 atom stereocenters. The van der Waals surface area contributed by atoms with Gasteiger partial charge in [-0.25, -0.2) is 13.2 Å². The fourth-order valence-electron chi connectivity index (χ4n) is 1.26. The molecule has 0 heterocycles. The molecule has 0 amide bonds. The minimum atomic E-state index is -3.39. The van der Waals surface area contributed by atoms with E-state index < -0.39 is 21.9 Å². The Hall–Kier alpha value is -1.56. The van der Waals surface area contributed by atoms with Crippen LogP contribution in [0.1, 0.15) is 6.92 Å². The summed E-state index contributed by atoms with van der Waals surface area (Å²) in [6.45, 7) is 1.49. The Balaban J connectivity index is 3.04. The number of methoxy groups -OCH3 is 1. The van der Waals surface area contributed by atoms with E-state index in [9.17, 15) is 13.2 Å². The van der Waals surface area contributed by atoms with Gasteiger partial charge in [-0.1, -0.05) is 12.1 Å². The van der Waals surface area contributed by atoms with Crippen LogP contribution in [0.15, 0.2) is 29.2 Å². The minimum absolute atomic E-state index is 0.0516. The van der Waals surface area contributed by atoms with Gasteiger partial charge in [-0.15, -0.1) is 0 Å². The summed E-state index contributed by atoms with van der Waals surface area (Å²) in [4.78, 5) is 11.2. The molecule has 6 heteroatoms. The predicted octanol–water partition coefficient (Wildman–Crippen LogP) is 1.03. The molecule has 0 saturated carbocycles. The lowest BCUT2D eigenvalue weighted by Crippen LogP contribution is -2.25. The second kappa shape index (κ2) is 5.18. The van der Waals surface area contributed by atoms with Crippen molar-refractivity contribution < 1.29 is 22.7 Å². The molecule has 1 rings (SSSR count). The van der Waals surface area contributed by atoms with Crippen LogP contribution < -0.4 is 4.74 Å². The van der Waals surface area contributed by atoms with Gasteiger partial charge in [0.2, 0.25) is 0 Å². The number of hydrogen-bond acceptors (Lipinski definition) is 5. The first-order valence-corrected chi connectivity index (χ1v) is 6.79. The van der Waals surface area contributed by atoms with Crippen LogP contribution in [-0.2, 0) is 19.4 Å². The molecule has 0 saturated heterocycles. The third-order valence-corrected chi connectivity index (χ3v) is 3.22. The van der Waals surface area contributed by atoms with Gasteiger partial charge in [0.25, 0.3) is 0 Å². The van der Waals surface area contributed by atoms with Gasteiger partial charge < -0.3 is 9.47 Å². The number of carbonyl (C=O) groups is 1. The maximum Gasteiger partial charge on any atom is 0.346 e. The molecular formula is C11H14O5S. The predicted molar refractivity (Wildman–Crippen MR) is 61.7 cm³/mol. The first-order valence-electron chi connectivity index (χ1n) is 4.90. The standard InChI is InChI=1S/C11H14O5S/c1-8(11(12)15-2)16-9-6-4-5-7-10(9)17(3,13)14/h4-8H,1-3H3. The molecule has 5 nitrogen and oxygen atoms in total. The van der Waals surface area contributed by atoms with E-state index in [1.165, 1.54) is 26.2 Å². The van der Waals surface area contributed by atoms with Crippen molar-refractivity contribution >= 4 is 15.8 Å². The zero-order valence-corrected chi connectivity index (χ0v) is 10.7. The van der Waals surface area contributed by atoms with Crippen molar-refractivity contribution in [2.75, 3.05) is 13.4 Å². The van der Waals surface area contributed by atoms with Crippen LogP contribution in [0.2, 0.25) is 0 Å². The molecule has 0 aromatic heterocycles. The fraction of sp³-hybridized carbons (Fsp3) is 0.364. The quantitative estimate of drug-likeness (QED) is 0.754. The molecule has 1 unspecified atom stereocenters. The molecule has 94 valence electrons. The number of benzene rings is 1. The van der Waals surface area contributed by atoms with Crippen molar-refractivity contribution in [3.63, 3.8) is 0 Å². The number of rotatable bonds is 4. The maximum absolute atomic E-state index is 11.5. The number of hydrogen-bond donors (Lipinski definition) is 0. The van der Waals surface area contributed by atoms with E-state index in [0.29, 0.717) is 0 Å². The van der Waals surface area contributed by atoms with E-state index in [2.05, 4.69) is 4.74 Å². The van der Waals surface area contributed by atoms with Crippen molar-refractivity contribution in [2.24, 2.45) is 0 Å². The molecule has 0 aliphatic rings. The van der Waals surface area contributed by atoms with Crippen molar-refractivity contribution in [3.8, 4) is 5.75 Å². The zero-order valence-electron chi connectivity index (χ0n) is 9.84. The largest absolute Gasteiger partial charge is 0.478 e. The lowest BCUT2D eigenvalue weighted by molar-refractivity contribution is -0.148. The van der Waals surface area contributed by atoms with Crippen LogP contribution in [-0.4, -0.2) is 33.9 Å². The molecule has 0 bridgehead atoms. The molecule has 0 aliphatic heterocycles. The maximum atomic E-state index is 11.5. The van der Waals surface area contributed by atoms with Crippen molar-refractivity contribution in [1.29, 1.82) is 0 Å². The summed E-state index contributed by atoms with van der Waals surface area (Å²) in [6.07, 6.45) is 0.223. The van der Waals surface area contributed by atoms with Gasteiger partial charge in [0.1, 0.15) is 10.6 Å². The Morgan fingerprint density at radius 2 is 1.88 bits per heavy atom. The summed E-state index contributed by atoms with van der Waals surface area (Å²) in [6, 6.07) is 6.14. The molecule has 0 aliphatic carbocycles. The second-order valence-corrected chi connectivity index (χ2v) is 5.49. The Morgan fingerprint density at radius 3 is 2.41 bits per heavy atom. The monoisotopic (exact) mass is 258 g/mol. The van der Waals surface area contributed by atoms with Crippen molar-refractivity contribution in [1.82, 2.24) is 0 Å². The summed E-state index contributed by atoms with van der Waals surface area (Å²) >= 11 is 0. The van der Waals surface area contributed by atoms with Gasteiger partial charge in [0.05, 0.1) is 7.11 Å². The molecule has 0 fully saturated rings. The summed E-state index contributed by atoms with van der Waals surface area (Å²) in [5, 5.41) is 0. The normalized spacial score (nSPS) is 12.9. The minimum Gasteiger partial charge on any atom is -0.478 e. The van der Waals surface area contributed by atoms with Crippen LogP contribution in [0.4, 0.5) is 0 Å². The lowest BCUT2D eigenvalue weighted by atomic mass is 10.3. The Bertz CT molecular complexity index is 506. The van der Waals surface area contributed by atoms with E-state index in [-0.39, 0.29) is 10.6 Å². The van der Waals surface area contributed by atoms with Crippen molar-refractivity contribution in [2.45, 2.75) is 17.9 Å². The van der Waals surface area contributed by atoms with Gasteiger partial charge in [-0.3, -0.25) is 0 Å². The second-order valence-electron chi connectivity index (χ2n) is 3.50. The van der Waals surface area contributed by atoms with Crippen LogP contribution in [0.5, 0.6) is 5.75 Å². The van der Waals surface area contributed by atoms with E-state index in [0.717, 1.165) is 6.26 Å². The van der Waals surface area contributed by atoms with Gasteiger partial charge in [0.15, 0.2) is 15.9 Å². The summed E-state index contributed by atoms with van der Waals surface area (Å²) < 4.78 is 32.7. The van der Waals surface area contributed by atoms with Crippen LogP contribution in [0.25, 0.3) is 0 Å². The summed E-state index contributed by atoms with van der Waals surface area (Å²) in [5.41, 5.74) is 0. The fourth-order valence-corrected chi connectivity index (χ4v) is 2.07. The average Bonchev–Trinajstić information content (AvgIpc) is 2.27. The molecule has 1 aromatic rings. The highest BCUT2D eigenvalue weighted by molar-refractivity contribution is 7.90. The first kappa shape index (κ1) is 13.5. The van der Waals surface area contributed by atoms with Crippen LogP contribution in [0, 0.1) is 0 Å². The number of para-hydroxylation sites is 1. The van der Waals surface area contributed by atoms with E-state index in [1.807, 2.05) is 0 Å². The Morgan fingerprint density at radius 1 is 1.29 bits per heavy atom. The number of carbonyl (C=O) groups excluding carboxylic acids is 1. The average molecular weight is 258 g/mol. The third kappa shape index (κ3) is 3.45. The van der Waals surface area contributed by atoms with Gasteiger partial charge in [-0.05, 0) is 19.1 Å². The summed E-state index contributed by atoms with van der Waals surface area (Å²) in [5.74, 6) is -0.416. The highest BCUT2D eigenvalue weighted by Crippen LogP contribution is 2.24. The van der Waals surface area contributed by atoms with Gasteiger partial charge in [-0.2, -0.15) is 0 Å². The highest BCUT2D eigenvalue weighted by Gasteiger charge is 2.19. The number of sulfone groups is 1. The van der Waals surface area contributed by atoms with Crippen molar-refractivity contribution in [3.05, 3.63) is 24.3 Å². The SMILES string of the molecule is COC(=O)C(C)Oc1ccccc1S(C)(=O)=O. The molecule has 0 radical (unpaired) electrons. The lowest BCUT2D eigenvalue weighted by Gasteiger charge is -2.14. The molecular weight excluding hydrogens is 244 g/mol. The zero-order chi connectivity index (χ0) is 13.1. The number of ether oxygens (including phenoxy) is 2. The van der Waals surface area contributed by atoms with Gasteiger partial charge >= 0.3 is 5.97 Å². The van der Waals surface area contributed by atoms with Gasteiger partial charge in [0, 0.05) is 6.26 Å². The molecule has 0 N–H and O–H groups in total. The van der Waals surface area contributed by atoms with E-state index in [1.54, 1.807) is 12.1 Å². The molecule has 1 aromatic carbocycles. The van der Waals surface area contributed by atoms with E-state index in [4.69, 9.17) is 4.74 Å². The molecule has 17 heavy (non-hydrogen) atoms. The topological polar surface area (TPSA) is 69.7 Å². The Labute approximate surface area is 100 Å². The smallest absolute Gasteiger partial charge is 0.346 e. The first-order chi connectivity index (χ1) is 7.86.